The Hall–Kier alpha value is -2.57. The van der Waals surface area contributed by atoms with Crippen molar-refractivity contribution in [1.82, 2.24) is 14.8 Å². The molecule has 3 aromatic rings. The fourth-order valence-corrected chi connectivity index (χ4v) is 5.14. The Morgan fingerprint density at radius 1 is 1.20 bits per heavy atom. The summed E-state index contributed by atoms with van der Waals surface area (Å²) in [7, 11) is 0. The molecule has 1 atom stereocenters. The Morgan fingerprint density at radius 3 is 2.90 bits per heavy atom. The Bertz CT molecular complexity index is 1170. The molecule has 5 rings (SSSR count). The molecule has 2 aromatic carbocycles. The molecule has 0 fully saturated rings. The second kappa shape index (κ2) is 7.93. The molecule has 0 saturated heterocycles. The summed E-state index contributed by atoms with van der Waals surface area (Å²) in [6.45, 7) is 2.08. The lowest BCUT2D eigenvalue weighted by atomic mass is 9.84. The van der Waals surface area contributed by atoms with Crippen LogP contribution >= 0.6 is 23.4 Å². The van der Waals surface area contributed by atoms with Gasteiger partial charge in [-0.3, -0.25) is 4.79 Å². The minimum atomic E-state index is -0.238. The van der Waals surface area contributed by atoms with Crippen molar-refractivity contribution in [2.24, 2.45) is 0 Å². The minimum absolute atomic E-state index is 0.200. The number of rotatable bonds is 4. The van der Waals surface area contributed by atoms with E-state index in [0.29, 0.717) is 17.5 Å². The zero-order valence-electron chi connectivity index (χ0n) is 16.6. The Labute approximate surface area is 184 Å². The molecule has 0 amide bonds. The van der Waals surface area contributed by atoms with E-state index in [-0.39, 0.29) is 11.8 Å². The first-order valence-electron chi connectivity index (χ1n) is 10.0. The quantitative estimate of drug-likeness (QED) is 0.543. The number of ketones is 1. The first kappa shape index (κ1) is 19.4. The number of hydrogen-bond acceptors (Lipinski definition) is 5. The Kier molecular flexibility index (Phi) is 5.13. The number of nitrogens with zero attached hydrogens (tertiary/aromatic N) is 3. The summed E-state index contributed by atoms with van der Waals surface area (Å²) >= 11 is 7.67. The largest absolute Gasteiger partial charge is 0.328 e. The second-order valence-electron chi connectivity index (χ2n) is 7.63. The van der Waals surface area contributed by atoms with E-state index in [2.05, 4.69) is 24.4 Å². The van der Waals surface area contributed by atoms with Crippen LogP contribution in [0.15, 0.2) is 65.0 Å². The van der Waals surface area contributed by atoms with Gasteiger partial charge in [-0.2, -0.15) is 4.98 Å². The summed E-state index contributed by atoms with van der Waals surface area (Å²) in [4.78, 5) is 17.6. The van der Waals surface area contributed by atoms with Crippen molar-refractivity contribution in [2.45, 2.75) is 43.1 Å². The predicted octanol–water partition coefficient (Wildman–Crippen LogP) is 5.55. The van der Waals surface area contributed by atoms with Gasteiger partial charge in [0.15, 0.2) is 5.78 Å². The highest BCUT2D eigenvalue weighted by Gasteiger charge is 2.37. The number of Topliss-reactive ketones (excluding diaryl/α,β-unsaturated/α-hetero) is 1. The highest BCUT2D eigenvalue weighted by atomic mass is 35.5. The van der Waals surface area contributed by atoms with Gasteiger partial charge in [-0.25, -0.2) is 4.68 Å². The molecule has 1 aliphatic heterocycles. The lowest BCUT2D eigenvalue weighted by molar-refractivity contribution is -0.116. The highest BCUT2D eigenvalue weighted by molar-refractivity contribution is 7.98. The number of hydrogen-bond donors (Lipinski definition) is 1. The van der Waals surface area contributed by atoms with E-state index in [4.69, 9.17) is 21.7 Å². The lowest BCUT2D eigenvalue weighted by Crippen LogP contribution is -2.31. The molecular formula is C23H21ClN4OS. The van der Waals surface area contributed by atoms with E-state index in [1.165, 1.54) is 0 Å². The number of aromatic nitrogens is 3. The minimum Gasteiger partial charge on any atom is -0.328 e. The molecule has 1 aromatic heterocycles. The van der Waals surface area contributed by atoms with Crippen LogP contribution in [-0.4, -0.2) is 20.5 Å². The van der Waals surface area contributed by atoms with Gasteiger partial charge in [-0.15, -0.1) is 5.10 Å². The smallest absolute Gasteiger partial charge is 0.227 e. The van der Waals surface area contributed by atoms with E-state index < -0.39 is 0 Å². The number of fused-ring (bicyclic) bond motifs is 1. The van der Waals surface area contributed by atoms with Crippen molar-refractivity contribution in [3.63, 3.8) is 0 Å². The van der Waals surface area contributed by atoms with Gasteiger partial charge in [-0.05, 0) is 48.6 Å². The third kappa shape index (κ3) is 3.55. The topological polar surface area (TPSA) is 59.8 Å². The fraction of sp³-hybridized carbons (Fsp3) is 0.261. The van der Waals surface area contributed by atoms with E-state index in [9.17, 15) is 4.79 Å². The molecule has 5 nitrogen and oxygen atoms in total. The summed E-state index contributed by atoms with van der Waals surface area (Å²) in [5, 5.41) is 9.60. The van der Waals surface area contributed by atoms with E-state index in [1.54, 1.807) is 11.8 Å². The molecule has 2 heterocycles. The fourth-order valence-electron chi connectivity index (χ4n) is 4.15. The number of nitrogens with one attached hydrogen (secondary N) is 1. The number of carbonyl (C=O) groups excluding carboxylic acids is 1. The van der Waals surface area contributed by atoms with Crippen molar-refractivity contribution in [1.29, 1.82) is 0 Å². The zero-order chi connectivity index (χ0) is 20.7. The number of aryl methyl sites for hydroxylation is 1. The third-order valence-electron chi connectivity index (χ3n) is 5.59. The molecule has 1 aliphatic carbocycles. The Balaban J connectivity index is 1.52. The average Bonchev–Trinajstić information content (AvgIpc) is 3.14. The summed E-state index contributed by atoms with van der Waals surface area (Å²) in [6.07, 6.45) is 2.32. The number of benzene rings is 2. The highest BCUT2D eigenvalue weighted by Crippen LogP contribution is 2.41. The van der Waals surface area contributed by atoms with Gasteiger partial charge in [-0.1, -0.05) is 59.8 Å². The van der Waals surface area contributed by atoms with Crippen LogP contribution in [0.2, 0.25) is 5.02 Å². The maximum atomic E-state index is 12.9. The van der Waals surface area contributed by atoms with Crippen LogP contribution in [0, 0.1) is 6.92 Å². The summed E-state index contributed by atoms with van der Waals surface area (Å²) in [6, 6.07) is 15.8. The van der Waals surface area contributed by atoms with Gasteiger partial charge >= 0.3 is 0 Å². The summed E-state index contributed by atoms with van der Waals surface area (Å²) in [5.41, 5.74) is 5.19. The maximum absolute atomic E-state index is 12.9. The molecule has 0 spiro atoms. The molecule has 1 N–H and O–H groups in total. The van der Waals surface area contributed by atoms with Crippen molar-refractivity contribution in [3.05, 3.63) is 81.5 Å². The van der Waals surface area contributed by atoms with Crippen molar-refractivity contribution >= 4 is 35.1 Å². The van der Waals surface area contributed by atoms with Crippen LogP contribution < -0.4 is 5.32 Å². The monoisotopic (exact) mass is 436 g/mol. The first-order chi connectivity index (χ1) is 14.6. The van der Waals surface area contributed by atoms with Gasteiger partial charge in [0.2, 0.25) is 11.1 Å². The third-order valence-corrected chi connectivity index (χ3v) is 6.73. The molecule has 0 saturated carbocycles. The van der Waals surface area contributed by atoms with Gasteiger partial charge in [0.25, 0.3) is 0 Å². The first-order valence-corrected chi connectivity index (χ1v) is 11.4. The number of halogens is 1. The van der Waals surface area contributed by atoms with Crippen molar-refractivity contribution in [2.75, 3.05) is 5.32 Å². The van der Waals surface area contributed by atoms with E-state index >= 15 is 0 Å². The number of anilines is 1. The number of allylic oxidation sites excluding steroid dienone is 2. The molecule has 0 bridgehead atoms. The van der Waals surface area contributed by atoms with E-state index in [0.717, 1.165) is 51.6 Å². The molecular weight excluding hydrogens is 416 g/mol. The molecule has 152 valence electrons. The van der Waals surface area contributed by atoms with E-state index in [1.807, 2.05) is 41.1 Å². The van der Waals surface area contributed by atoms with Crippen LogP contribution in [0.1, 0.15) is 42.0 Å². The van der Waals surface area contributed by atoms with Crippen LogP contribution in [0.3, 0.4) is 0 Å². The van der Waals surface area contributed by atoms with Crippen LogP contribution in [0.25, 0.3) is 0 Å². The van der Waals surface area contributed by atoms with Crippen molar-refractivity contribution < 1.29 is 4.79 Å². The molecule has 0 radical (unpaired) electrons. The van der Waals surface area contributed by atoms with Crippen molar-refractivity contribution in [3.8, 4) is 0 Å². The number of carbonyl (C=O) groups is 1. The maximum Gasteiger partial charge on any atom is 0.227 e. The number of thioether (sulfide) groups is 1. The van der Waals surface area contributed by atoms with Gasteiger partial charge in [0.05, 0.1) is 0 Å². The summed E-state index contributed by atoms with van der Waals surface area (Å²) < 4.78 is 1.88. The van der Waals surface area contributed by atoms with Gasteiger partial charge < -0.3 is 5.32 Å². The average molecular weight is 437 g/mol. The second-order valence-corrected chi connectivity index (χ2v) is 9.01. The summed E-state index contributed by atoms with van der Waals surface area (Å²) in [5.74, 6) is 1.63. The van der Waals surface area contributed by atoms with Crippen LogP contribution in [0.5, 0.6) is 0 Å². The SMILES string of the molecule is Cc1ccccc1[C@H]1C2=C(CCCC2=O)Nc2nc(SCc3cccc(Cl)c3)nn21. The van der Waals surface area contributed by atoms with Crippen LogP contribution in [-0.2, 0) is 10.5 Å². The molecule has 7 heteroatoms. The standard InChI is InChI=1S/C23H21ClN4OS/c1-14-6-2-3-9-17(14)21-20-18(10-5-11-19(20)29)25-22-26-23(27-28(21)22)30-13-15-7-4-8-16(24)12-15/h2-4,6-9,12,21H,5,10-11,13H2,1H3,(H,25,26,27)/t21-/m0/s1. The zero-order valence-corrected chi connectivity index (χ0v) is 18.1. The lowest BCUT2D eigenvalue weighted by Gasteiger charge is -2.32. The predicted molar refractivity (Wildman–Crippen MR) is 120 cm³/mol. The van der Waals surface area contributed by atoms with Crippen LogP contribution in [0.4, 0.5) is 5.95 Å². The molecule has 2 aliphatic rings. The molecule has 0 unspecified atom stereocenters. The van der Waals surface area contributed by atoms with Gasteiger partial charge in [0, 0.05) is 28.5 Å². The normalized spacial score (nSPS) is 18.1. The Morgan fingerprint density at radius 2 is 2.07 bits per heavy atom. The van der Waals surface area contributed by atoms with Gasteiger partial charge in [0.1, 0.15) is 6.04 Å². The molecule has 30 heavy (non-hydrogen) atoms.